The summed E-state index contributed by atoms with van der Waals surface area (Å²) >= 11 is 0. The molecule has 0 radical (unpaired) electrons. The van der Waals surface area contributed by atoms with Gasteiger partial charge in [0.05, 0.1) is 0 Å². The van der Waals surface area contributed by atoms with Crippen LogP contribution in [0.25, 0.3) is 0 Å². The Balaban J connectivity index is 1.82. The second-order valence-corrected chi connectivity index (χ2v) is 5.46. The van der Waals surface area contributed by atoms with Crippen LogP contribution in [0.5, 0.6) is 0 Å². The third-order valence-corrected chi connectivity index (χ3v) is 4.36. The van der Waals surface area contributed by atoms with Gasteiger partial charge >= 0.3 is 0 Å². The molecule has 18 heavy (non-hydrogen) atoms. The Labute approximate surface area is 110 Å². The molecule has 0 saturated carbocycles. The lowest BCUT2D eigenvalue weighted by Gasteiger charge is -2.28. The number of hydrogen-bond donors (Lipinski definition) is 1. The predicted molar refractivity (Wildman–Crippen MR) is 75.8 cm³/mol. The molecule has 98 valence electrons. The largest absolute Gasteiger partial charge is 0.370 e. The number of nitrogens with two attached hydrogens (primary N) is 1. The summed E-state index contributed by atoms with van der Waals surface area (Å²) in [5, 5.41) is 0. The summed E-state index contributed by atoms with van der Waals surface area (Å²) in [6.07, 6.45) is 4.01. The maximum atomic E-state index is 5.87. The molecule has 1 aromatic carbocycles. The molecule has 3 rings (SSSR count). The molecule has 1 unspecified atom stereocenters. The molecule has 0 aliphatic carbocycles. The first kappa shape index (κ1) is 12.0. The molecule has 1 aromatic rings. The van der Waals surface area contributed by atoms with Gasteiger partial charge in [-0.25, -0.2) is 0 Å². The van der Waals surface area contributed by atoms with Gasteiger partial charge in [0.25, 0.3) is 0 Å². The Morgan fingerprint density at radius 2 is 1.94 bits per heavy atom. The average Bonchev–Trinajstić information content (AvgIpc) is 2.76. The smallest absolute Gasteiger partial charge is 0.0412 e. The van der Waals surface area contributed by atoms with Crippen LogP contribution in [-0.4, -0.2) is 37.1 Å². The van der Waals surface area contributed by atoms with E-state index in [1.807, 2.05) is 0 Å². The molecule has 2 saturated heterocycles. The molecule has 3 nitrogen and oxygen atoms in total. The monoisotopic (exact) mass is 245 g/mol. The van der Waals surface area contributed by atoms with Gasteiger partial charge in [-0.05, 0) is 37.4 Å². The quantitative estimate of drug-likeness (QED) is 0.862. The van der Waals surface area contributed by atoms with Crippen LogP contribution in [0.15, 0.2) is 24.3 Å². The first-order valence-electron chi connectivity index (χ1n) is 7.15. The molecule has 2 heterocycles. The van der Waals surface area contributed by atoms with Crippen molar-refractivity contribution in [2.24, 2.45) is 5.73 Å². The number of anilines is 1. The molecule has 2 aliphatic rings. The lowest BCUT2D eigenvalue weighted by molar-refractivity contribution is 0.273. The number of fused-ring (bicyclic) bond motifs is 1. The van der Waals surface area contributed by atoms with E-state index in [0.29, 0.717) is 6.54 Å². The third-order valence-electron chi connectivity index (χ3n) is 4.36. The number of nitrogens with zero attached hydrogens (tertiary/aromatic N) is 2. The topological polar surface area (TPSA) is 32.5 Å². The van der Waals surface area contributed by atoms with Gasteiger partial charge in [0, 0.05) is 37.9 Å². The number of para-hydroxylation sites is 1. The molecule has 2 aliphatic heterocycles. The standard InChI is InChI=1S/C15H23N3/c16-11-13-5-1-2-7-15(13)18-10-4-9-17-8-3-6-14(17)12-18/h1-2,5,7,14H,3-4,6,8-12,16H2. The van der Waals surface area contributed by atoms with Crippen molar-refractivity contribution in [2.75, 3.05) is 31.1 Å². The lowest BCUT2D eigenvalue weighted by atomic mass is 10.1. The van der Waals surface area contributed by atoms with Crippen molar-refractivity contribution in [1.82, 2.24) is 4.90 Å². The summed E-state index contributed by atoms with van der Waals surface area (Å²) < 4.78 is 0. The van der Waals surface area contributed by atoms with E-state index in [1.54, 1.807) is 0 Å². The summed E-state index contributed by atoms with van der Waals surface area (Å²) in [7, 11) is 0. The first-order valence-corrected chi connectivity index (χ1v) is 7.15. The van der Waals surface area contributed by atoms with Gasteiger partial charge in [-0.1, -0.05) is 18.2 Å². The SMILES string of the molecule is NCc1ccccc1N1CCCN2CCCC2C1. The van der Waals surface area contributed by atoms with Crippen molar-refractivity contribution in [3.05, 3.63) is 29.8 Å². The van der Waals surface area contributed by atoms with Crippen molar-refractivity contribution in [2.45, 2.75) is 31.8 Å². The highest BCUT2D eigenvalue weighted by molar-refractivity contribution is 5.54. The highest BCUT2D eigenvalue weighted by atomic mass is 15.3. The summed E-state index contributed by atoms with van der Waals surface area (Å²) in [5.74, 6) is 0. The number of hydrogen-bond acceptors (Lipinski definition) is 3. The van der Waals surface area contributed by atoms with E-state index < -0.39 is 0 Å². The Morgan fingerprint density at radius 1 is 1.11 bits per heavy atom. The van der Waals surface area contributed by atoms with Crippen molar-refractivity contribution in [3.63, 3.8) is 0 Å². The Morgan fingerprint density at radius 3 is 2.83 bits per heavy atom. The number of benzene rings is 1. The molecule has 3 heteroatoms. The van der Waals surface area contributed by atoms with Crippen LogP contribution >= 0.6 is 0 Å². The van der Waals surface area contributed by atoms with Crippen LogP contribution in [0.4, 0.5) is 5.69 Å². The summed E-state index contributed by atoms with van der Waals surface area (Å²) in [6.45, 7) is 5.56. The predicted octanol–water partition coefficient (Wildman–Crippen LogP) is 1.82. The zero-order valence-corrected chi connectivity index (χ0v) is 11.0. The van der Waals surface area contributed by atoms with Crippen molar-refractivity contribution in [1.29, 1.82) is 0 Å². The van der Waals surface area contributed by atoms with Crippen LogP contribution in [0.3, 0.4) is 0 Å². The minimum Gasteiger partial charge on any atom is -0.370 e. The van der Waals surface area contributed by atoms with Crippen LogP contribution in [0.2, 0.25) is 0 Å². The van der Waals surface area contributed by atoms with E-state index in [-0.39, 0.29) is 0 Å². The lowest BCUT2D eigenvalue weighted by Crippen LogP contribution is -2.37. The maximum Gasteiger partial charge on any atom is 0.0412 e. The molecule has 2 N–H and O–H groups in total. The Hall–Kier alpha value is -1.06. The maximum absolute atomic E-state index is 5.87. The van der Waals surface area contributed by atoms with Crippen LogP contribution in [0, 0.1) is 0 Å². The third kappa shape index (κ3) is 2.25. The van der Waals surface area contributed by atoms with Gasteiger partial charge in [0.1, 0.15) is 0 Å². The van der Waals surface area contributed by atoms with Crippen molar-refractivity contribution in [3.8, 4) is 0 Å². The van der Waals surface area contributed by atoms with Crippen LogP contribution in [0.1, 0.15) is 24.8 Å². The molecular formula is C15H23N3. The van der Waals surface area contributed by atoms with E-state index in [1.165, 1.54) is 56.7 Å². The van der Waals surface area contributed by atoms with Crippen molar-refractivity contribution >= 4 is 5.69 Å². The number of rotatable bonds is 2. The zero-order valence-electron chi connectivity index (χ0n) is 11.0. The first-order chi connectivity index (χ1) is 8.88. The fraction of sp³-hybridized carbons (Fsp3) is 0.600. The van der Waals surface area contributed by atoms with Gasteiger partial charge in [-0.2, -0.15) is 0 Å². The Kier molecular flexibility index (Phi) is 3.52. The van der Waals surface area contributed by atoms with Crippen molar-refractivity contribution < 1.29 is 0 Å². The van der Waals surface area contributed by atoms with E-state index in [0.717, 1.165) is 6.04 Å². The fourth-order valence-electron chi connectivity index (χ4n) is 3.42. The van der Waals surface area contributed by atoms with E-state index in [4.69, 9.17) is 5.73 Å². The second kappa shape index (κ2) is 5.29. The van der Waals surface area contributed by atoms with Crippen LogP contribution < -0.4 is 10.6 Å². The summed E-state index contributed by atoms with van der Waals surface area (Å²) in [4.78, 5) is 5.23. The minimum atomic E-state index is 0.640. The van der Waals surface area contributed by atoms with E-state index in [2.05, 4.69) is 34.1 Å². The molecule has 2 fully saturated rings. The molecule has 0 spiro atoms. The normalized spacial score (nSPS) is 24.9. The van der Waals surface area contributed by atoms with Gasteiger partial charge < -0.3 is 10.6 Å². The fourth-order valence-corrected chi connectivity index (χ4v) is 3.42. The molecule has 0 bridgehead atoms. The summed E-state index contributed by atoms with van der Waals surface area (Å²) in [5.41, 5.74) is 8.50. The molecule has 0 amide bonds. The van der Waals surface area contributed by atoms with E-state index in [9.17, 15) is 0 Å². The second-order valence-electron chi connectivity index (χ2n) is 5.46. The molecule has 0 aromatic heterocycles. The van der Waals surface area contributed by atoms with Gasteiger partial charge in [0.2, 0.25) is 0 Å². The molecular weight excluding hydrogens is 222 g/mol. The van der Waals surface area contributed by atoms with Gasteiger partial charge in [0.15, 0.2) is 0 Å². The minimum absolute atomic E-state index is 0.640. The molecule has 1 atom stereocenters. The highest BCUT2D eigenvalue weighted by Crippen LogP contribution is 2.27. The van der Waals surface area contributed by atoms with Gasteiger partial charge in [-0.15, -0.1) is 0 Å². The van der Waals surface area contributed by atoms with Gasteiger partial charge in [-0.3, -0.25) is 4.90 Å². The average molecular weight is 245 g/mol. The summed E-state index contributed by atoms with van der Waals surface area (Å²) in [6, 6.07) is 9.37. The zero-order chi connectivity index (χ0) is 12.4. The Bertz CT molecular complexity index is 404. The van der Waals surface area contributed by atoms with E-state index >= 15 is 0 Å². The highest BCUT2D eigenvalue weighted by Gasteiger charge is 2.29. The van der Waals surface area contributed by atoms with Crippen LogP contribution in [-0.2, 0) is 6.54 Å².